The van der Waals surface area contributed by atoms with E-state index in [-0.39, 0.29) is 5.82 Å². The molecule has 0 bridgehead atoms. The van der Waals surface area contributed by atoms with Crippen LogP contribution in [0.1, 0.15) is 44.1 Å². The Balaban J connectivity index is 2.09. The number of likely N-dealkylation sites (N-methyl/N-ethyl adjacent to an activating group) is 1. The van der Waals surface area contributed by atoms with E-state index in [1.165, 1.54) is 12.8 Å². The summed E-state index contributed by atoms with van der Waals surface area (Å²) < 4.78 is 0. The van der Waals surface area contributed by atoms with Crippen LogP contribution in [-0.4, -0.2) is 29.3 Å². The molecule has 3 N–H and O–H groups in total. The third-order valence-corrected chi connectivity index (χ3v) is 3.99. The van der Waals surface area contributed by atoms with Crippen molar-refractivity contribution in [1.82, 2.24) is 4.98 Å². The lowest BCUT2D eigenvalue weighted by atomic mass is 9.94. The van der Waals surface area contributed by atoms with Gasteiger partial charge in [0.15, 0.2) is 0 Å². The minimum absolute atomic E-state index is 0.240. The van der Waals surface area contributed by atoms with Crippen molar-refractivity contribution in [3.05, 3.63) is 17.7 Å². The second-order valence-corrected chi connectivity index (χ2v) is 5.71. The van der Waals surface area contributed by atoms with Crippen LogP contribution in [0.4, 0.5) is 11.6 Å². The number of nitriles is 1. The zero-order chi connectivity index (χ0) is 14.6. The number of pyridine rings is 1. The number of hydrogen-bond acceptors (Lipinski definition) is 5. The van der Waals surface area contributed by atoms with Crippen molar-refractivity contribution < 1.29 is 5.11 Å². The molecule has 0 amide bonds. The van der Waals surface area contributed by atoms with E-state index in [4.69, 9.17) is 11.0 Å². The predicted octanol–water partition coefficient (Wildman–Crippen LogP) is 2.06. The quantitative estimate of drug-likeness (QED) is 0.824. The second-order valence-electron chi connectivity index (χ2n) is 5.71. The van der Waals surface area contributed by atoms with Gasteiger partial charge in [-0.15, -0.1) is 0 Å². The SMILES string of the molecule is CN(CC1(O)CCCCCC1)c1ccc(C#N)c(N)n1. The van der Waals surface area contributed by atoms with E-state index < -0.39 is 5.60 Å². The van der Waals surface area contributed by atoms with E-state index in [9.17, 15) is 5.11 Å². The molecule has 1 aliphatic carbocycles. The van der Waals surface area contributed by atoms with Crippen molar-refractivity contribution in [2.45, 2.75) is 44.1 Å². The first-order valence-corrected chi connectivity index (χ1v) is 7.14. The van der Waals surface area contributed by atoms with Crippen LogP contribution in [0.5, 0.6) is 0 Å². The third-order valence-electron chi connectivity index (χ3n) is 3.99. The molecule has 5 nitrogen and oxygen atoms in total. The summed E-state index contributed by atoms with van der Waals surface area (Å²) in [6, 6.07) is 5.45. The summed E-state index contributed by atoms with van der Waals surface area (Å²) in [6.45, 7) is 0.547. The molecule has 0 aromatic carbocycles. The molecule has 1 aromatic heterocycles. The lowest BCUT2D eigenvalue weighted by Gasteiger charge is -2.32. The maximum atomic E-state index is 10.7. The van der Waals surface area contributed by atoms with Crippen LogP contribution < -0.4 is 10.6 Å². The molecule has 0 atom stereocenters. The van der Waals surface area contributed by atoms with Crippen LogP contribution in [-0.2, 0) is 0 Å². The van der Waals surface area contributed by atoms with Crippen molar-refractivity contribution in [2.24, 2.45) is 0 Å². The molecular formula is C15H22N4O. The normalized spacial score (nSPS) is 18.1. The molecule has 0 saturated heterocycles. The van der Waals surface area contributed by atoms with Crippen LogP contribution in [0.2, 0.25) is 0 Å². The number of nitrogen functional groups attached to an aromatic ring is 1. The molecule has 5 heteroatoms. The number of rotatable bonds is 3. The van der Waals surface area contributed by atoms with E-state index in [1.54, 1.807) is 12.1 Å². The van der Waals surface area contributed by atoms with Crippen LogP contribution in [0.25, 0.3) is 0 Å². The number of anilines is 2. The summed E-state index contributed by atoms with van der Waals surface area (Å²) in [5, 5.41) is 19.6. The first-order chi connectivity index (χ1) is 9.54. The van der Waals surface area contributed by atoms with Crippen LogP contribution in [0, 0.1) is 11.3 Å². The molecule has 0 aliphatic heterocycles. The summed E-state index contributed by atoms with van der Waals surface area (Å²) >= 11 is 0. The van der Waals surface area contributed by atoms with E-state index in [2.05, 4.69) is 4.98 Å². The van der Waals surface area contributed by atoms with Crippen molar-refractivity contribution in [3.8, 4) is 6.07 Å². The summed E-state index contributed by atoms with van der Waals surface area (Å²) in [7, 11) is 1.90. The molecule has 0 spiro atoms. The van der Waals surface area contributed by atoms with Crippen molar-refractivity contribution in [1.29, 1.82) is 5.26 Å². The van der Waals surface area contributed by atoms with Gasteiger partial charge < -0.3 is 15.7 Å². The zero-order valence-corrected chi connectivity index (χ0v) is 12.0. The summed E-state index contributed by atoms with van der Waals surface area (Å²) in [4.78, 5) is 6.15. The van der Waals surface area contributed by atoms with Gasteiger partial charge in [0.2, 0.25) is 0 Å². The fraction of sp³-hybridized carbons (Fsp3) is 0.600. The second kappa shape index (κ2) is 6.10. The zero-order valence-electron chi connectivity index (χ0n) is 12.0. The Labute approximate surface area is 120 Å². The molecule has 1 heterocycles. The fourth-order valence-corrected chi connectivity index (χ4v) is 2.84. The van der Waals surface area contributed by atoms with Crippen LogP contribution in [0.15, 0.2) is 12.1 Å². The first-order valence-electron chi connectivity index (χ1n) is 7.14. The smallest absolute Gasteiger partial charge is 0.143 e. The maximum absolute atomic E-state index is 10.7. The molecule has 1 saturated carbocycles. The lowest BCUT2D eigenvalue weighted by molar-refractivity contribution is 0.0328. The standard InChI is InChI=1S/C15H22N4O/c1-19(11-15(20)8-4-2-3-5-9-15)13-7-6-12(10-16)14(17)18-13/h6-7,20H,2-5,8-9,11H2,1H3,(H2,17,18). The Bertz CT molecular complexity index is 501. The summed E-state index contributed by atoms with van der Waals surface area (Å²) in [5.74, 6) is 0.934. The lowest BCUT2D eigenvalue weighted by Crippen LogP contribution is -2.41. The molecule has 0 radical (unpaired) electrons. The number of hydrogen-bond donors (Lipinski definition) is 2. The number of aromatic nitrogens is 1. The van der Waals surface area contributed by atoms with Crippen molar-refractivity contribution in [3.63, 3.8) is 0 Å². The summed E-state index contributed by atoms with van der Waals surface area (Å²) in [6.07, 6.45) is 6.23. The Morgan fingerprint density at radius 2 is 2.00 bits per heavy atom. The summed E-state index contributed by atoms with van der Waals surface area (Å²) in [5.41, 5.74) is 5.48. The van der Waals surface area contributed by atoms with Gasteiger partial charge in [0, 0.05) is 13.6 Å². The van der Waals surface area contributed by atoms with Gasteiger partial charge in [0.05, 0.1) is 11.2 Å². The molecule has 108 valence electrons. The first kappa shape index (κ1) is 14.6. The Hall–Kier alpha value is -1.80. The van der Waals surface area contributed by atoms with E-state index in [0.29, 0.717) is 17.9 Å². The molecule has 1 aliphatic rings. The highest BCUT2D eigenvalue weighted by atomic mass is 16.3. The van der Waals surface area contributed by atoms with Gasteiger partial charge in [-0.1, -0.05) is 25.7 Å². The monoisotopic (exact) mass is 274 g/mol. The number of aliphatic hydroxyl groups is 1. The third kappa shape index (κ3) is 3.40. The van der Waals surface area contributed by atoms with Gasteiger partial charge in [0.25, 0.3) is 0 Å². The molecule has 2 rings (SSSR count). The molecule has 0 unspecified atom stereocenters. The highest BCUT2D eigenvalue weighted by Crippen LogP contribution is 2.28. The van der Waals surface area contributed by atoms with Gasteiger partial charge in [-0.25, -0.2) is 4.98 Å². The Kier molecular flexibility index (Phi) is 4.46. The minimum atomic E-state index is -0.643. The van der Waals surface area contributed by atoms with E-state index in [1.807, 2.05) is 18.0 Å². The van der Waals surface area contributed by atoms with Gasteiger partial charge in [-0.2, -0.15) is 5.26 Å². The molecule has 20 heavy (non-hydrogen) atoms. The van der Waals surface area contributed by atoms with Gasteiger partial charge in [0.1, 0.15) is 17.7 Å². The number of nitrogens with two attached hydrogens (primary N) is 1. The van der Waals surface area contributed by atoms with Gasteiger partial charge in [-0.3, -0.25) is 0 Å². The van der Waals surface area contributed by atoms with Crippen molar-refractivity contribution >= 4 is 11.6 Å². The molecule has 1 fully saturated rings. The predicted molar refractivity (Wildman–Crippen MR) is 79.3 cm³/mol. The maximum Gasteiger partial charge on any atom is 0.143 e. The highest BCUT2D eigenvalue weighted by Gasteiger charge is 2.29. The minimum Gasteiger partial charge on any atom is -0.388 e. The average molecular weight is 274 g/mol. The van der Waals surface area contributed by atoms with E-state index in [0.717, 1.165) is 25.7 Å². The van der Waals surface area contributed by atoms with Gasteiger partial charge >= 0.3 is 0 Å². The topological polar surface area (TPSA) is 86.2 Å². The molecule has 1 aromatic rings. The highest BCUT2D eigenvalue weighted by molar-refractivity contribution is 5.54. The average Bonchev–Trinajstić information content (AvgIpc) is 2.63. The van der Waals surface area contributed by atoms with E-state index >= 15 is 0 Å². The Morgan fingerprint density at radius 3 is 2.55 bits per heavy atom. The fourth-order valence-electron chi connectivity index (χ4n) is 2.84. The van der Waals surface area contributed by atoms with Crippen LogP contribution in [0.3, 0.4) is 0 Å². The number of nitrogens with zero attached hydrogens (tertiary/aromatic N) is 3. The van der Waals surface area contributed by atoms with Crippen LogP contribution >= 0.6 is 0 Å². The largest absolute Gasteiger partial charge is 0.388 e. The molecular weight excluding hydrogens is 252 g/mol. The van der Waals surface area contributed by atoms with Gasteiger partial charge in [-0.05, 0) is 25.0 Å². The van der Waals surface area contributed by atoms with Crippen molar-refractivity contribution in [2.75, 3.05) is 24.2 Å². The Morgan fingerprint density at radius 1 is 1.35 bits per heavy atom.